The van der Waals surface area contributed by atoms with Gasteiger partial charge < -0.3 is 23.8 Å². The lowest BCUT2D eigenvalue weighted by atomic mass is 10.0. The number of carbonyl (C=O) groups is 1. The van der Waals surface area contributed by atoms with Crippen molar-refractivity contribution >= 4 is 22.9 Å². The zero-order chi connectivity index (χ0) is 25.7. The zero-order valence-corrected chi connectivity index (χ0v) is 21.5. The van der Waals surface area contributed by atoms with Crippen LogP contribution in [0, 0.1) is 0 Å². The molecule has 0 saturated heterocycles. The van der Waals surface area contributed by atoms with Crippen LogP contribution < -0.4 is 19.1 Å². The Hall–Kier alpha value is -3.93. The summed E-state index contributed by atoms with van der Waals surface area (Å²) < 4.78 is 22.9. The second-order valence-electron chi connectivity index (χ2n) is 9.00. The Labute approximate surface area is 213 Å². The van der Waals surface area contributed by atoms with Gasteiger partial charge >= 0.3 is 5.97 Å². The second kappa shape index (κ2) is 10.8. The fourth-order valence-corrected chi connectivity index (χ4v) is 4.04. The number of esters is 1. The number of hydrogen-bond donors (Lipinski definition) is 0. The van der Waals surface area contributed by atoms with Crippen LogP contribution in [-0.4, -0.2) is 31.3 Å². The lowest BCUT2D eigenvalue weighted by Gasteiger charge is -2.32. The van der Waals surface area contributed by atoms with Gasteiger partial charge in [0.25, 0.3) is 0 Å². The molecule has 1 aliphatic heterocycles. The topological polar surface area (TPSA) is 57.2 Å². The van der Waals surface area contributed by atoms with Crippen LogP contribution in [0.5, 0.6) is 23.0 Å². The molecule has 0 atom stereocenters. The van der Waals surface area contributed by atoms with E-state index in [4.69, 9.17) is 18.9 Å². The van der Waals surface area contributed by atoms with Crippen molar-refractivity contribution in [1.82, 2.24) is 0 Å². The summed E-state index contributed by atoms with van der Waals surface area (Å²) in [6.07, 6.45) is 2.06. The number of ether oxygens (including phenoxy) is 4. The molecule has 0 unspecified atom stereocenters. The van der Waals surface area contributed by atoms with Crippen molar-refractivity contribution in [3.63, 3.8) is 0 Å². The third-order valence-electron chi connectivity index (χ3n) is 6.00. The molecule has 36 heavy (non-hydrogen) atoms. The Morgan fingerprint density at radius 2 is 1.64 bits per heavy atom. The molecule has 4 rings (SSSR count). The largest absolute Gasteiger partial charge is 0.490 e. The summed E-state index contributed by atoms with van der Waals surface area (Å²) in [6.45, 7) is 11.0. The summed E-state index contributed by atoms with van der Waals surface area (Å²) in [7, 11) is 0. The van der Waals surface area contributed by atoms with Gasteiger partial charge in [-0.15, -0.1) is 0 Å². The molecule has 3 aromatic rings. The molecule has 0 saturated carbocycles. The Bertz CT molecular complexity index is 1250. The highest BCUT2D eigenvalue weighted by molar-refractivity contribution is 5.81. The summed E-state index contributed by atoms with van der Waals surface area (Å²) >= 11 is 0. The number of carbonyl (C=O) groups excluding carboxylic acids is 1. The molecule has 0 amide bonds. The summed E-state index contributed by atoms with van der Waals surface area (Å²) in [6, 6.07) is 21.6. The van der Waals surface area contributed by atoms with E-state index >= 15 is 0 Å². The van der Waals surface area contributed by atoms with E-state index in [1.54, 1.807) is 32.9 Å². The zero-order valence-electron chi connectivity index (χ0n) is 21.5. The molecule has 0 spiro atoms. The highest BCUT2D eigenvalue weighted by Crippen LogP contribution is 2.47. The van der Waals surface area contributed by atoms with Crippen LogP contribution in [-0.2, 0) is 9.53 Å². The van der Waals surface area contributed by atoms with E-state index in [0.29, 0.717) is 24.7 Å². The number of anilines is 2. The maximum atomic E-state index is 12.0. The standard InChI is InChI=1S/C30H33NO5/c1-6-31-25-10-8-9-11-27(25)35-28-17-12-22(20-26(28)31)21(3)18-19-34-23-13-15-24(16-14-23)36-30(4,5)29(32)33-7-2/h8-18,20H,6-7,19H2,1-5H3/b21-18-. The van der Waals surface area contributed by atoms with Gasteiger partial charge in [0.1, 0.15) is 18.1 Å². The van der Waals surface area contributed by atoms with E-state index in [1.165, 1.54) is 0 Å². The minimum absolute atomic E-state index is 0.315. The molecule has 0 N–H and O–H groups in total. The van der Waals surface area contributed by atoms with Gasteiger partial charge in [-0.2, -0.15) is 0 Å². The van der Waals surface area contributed by atoms with Crippen molar-refractivity contribution in [3.05, 3.63) is 78.4 Å². The van der Waals surface area contributed by atoms with Crippen molar-refractivity contribution < 1.29 is 23.7 Å². The van der Waals surface area contributed by atoms with Crippen molar-refractivity contribution in [2.45, 2.75) is 40.2 Å². The Morgan fingerprint density at radius 3 is 2.36 bits per heavy atom. The molecule has 3 aromatic carbocycles. The number of fused-ring (bicyclic) bond motifs is 2. The van der Waals surface area contributed by atoms with E-state index < -0.39 is 11.6 Å². The normalized spacial score (nSPS) is 12.8. The van der Waals surface area contributed by atoms with Crippen LogP contribution in [0.15, 0.2) is 72.8 Å². The highest BCUT2D eigenvalue weighted by Gasteiger charge is 2.31. The third kappa shape index (κ3) is 5.48. The number of benzene rings is 3. The number of allylic oxidation sites excluding steroid dienone is 1. The molecule has 1 aliphatic rings. The molecule has 1 heterocycles. The van der Waals surface area contributed by atoms with Crippen LogP contribution in [0.4, 0.5) is 11.4 Å². The first-order valence-electron chi connectivity index (χ1n) is 12.3. The molecule has 188 valence electrons. The lowest BCUT2D eigenvalue weighted by Crippen LogP contribution is -2.39. The van der Waals surface area contributed by atoms with Crippen molar-refractivity contribution in [2.75, 3.05) is 24.7 Å². The molecule has 0 fully saturated rings. The predicted octanol–water partition coefficient (Wildman–Crippen LogP) is 7.15. The van der Waals surface area contributed by atoms with Gasteiger partial charge in [-0.1, -0.05) is 18.2 Å². The van der Waals surface area contributed by atoms with Gasteiger partial charge in [-0.25, -0.2) is 4.79 Å². The number of rotatable bonds is 9. The Balaban J connectivity index is 1.39. The van der Waals surface area contributed by atoms with Gasteiger partial charge in [0.05, 0.1) is 18.0 Å². The van der Waals surface area contributed by atoms with E-state index in [1.807, 2.05) is 36.4 Å². The average molecular weight is 488 g/mol. The summed E-state index contributed by atoms with van der Waals surface area (Å²) in [4.78, 5) is 14.3. The maximum absolute atomic E-state index is 12.0. The van der Waals surface area contributed by atoms with E-state index in [2.05, 4.69) is 43.0 Å². The van der Waals surface area contributed by atoms with Crippen molar-refractivity contribution in [3.8, 4) is 23.0 Å². The maximum Gasteiger partial charge on any atom is 0.349 e. The molecular formula is C30H33NO5. The predicted molar refractivity (Wildman–Crippen MR) is 143 cm³/mol. The van der Waals surface area contributed by atoms with E-state index in [9.17, 15) is 4.79 Å². The highest BCUT2D eigenvalue weighted by atomic mass is 16.6. The van der Waals surface area contributed by atoms with Crippen molar-refractivity contribution in [1.29, 1.82) is 0 Å². The summed E-state index contributed by atoms with van der Waals surface area (Å²) in [5, 5.41) is 0. The Kier molecular flexibility index (Phi) is 7.53. The number of nitrogens with zero attached hydrogens (tertiary/aromatic N) is 1. The molecule has 0 bridgehead atoms. The fourth-order valence-electron chi connectivity index (χ4n) is 4.04. The van der Waals surface area contributed by atoms with Crippen molar-refractivity contribution in [2.24, 2.45) is 0 Å². The molecule has 0 radical (unpaired) electrons. The monoisotopic (exact) mass is 487 g/mol. The Morgan fingerprint density at radius 1 is 0.944 bits per heavy atom. The van der Waals surface area contributed by atoms with E-state index in [-0.39, 0.29) is 0 Å². The van der Waals surface area contributed by atoms with Gasteiger partial charge in [-0.3, -0.25) is 0 Å². The molecule has 0 aliphatic carbocycles. The first-order chi connectivity index (χ1) is 17.3. The molecular weight excluding hydrogens is 454 g/mol. The lowest BCUT2D eigenvalue weighted by molar-refractivity contribution is -0.158. The van der Waals surface area contributed by atoms with Crippen LogP contribution in [0.1, 0.15) is 40.2 Å². The summed E-state index contributed by atoms with van der Waals surface area (Å²) in [5.41, 5.74) is 3.30. The minimum Gasteiger partial charge on any atom is -0.490 e. The first kappa shape index (κ1) is 25.2. The van der Waals surface area contributed by atoms with Crippen LogP contribution >= 0.6 is 0 Å². The second-order valence-corrected chi connectivity index (χ2v) is 9.00. The van der Waals surface area contributed by atoms with Crippen LogP contribution in [0.25, 0.3) is 5.57 Å². The summed E-state index contributed by atoms with van der Waals surface area (Å²) in [5.74, 6) is 2.63. The smallest absolute Gasteiger partial charge is 0.349 e. The minimum atomic E-state index is -1.06. The SMILES string of the molecule is CCOC(=O)C(C)(C)Oc1ccc(OC/C=C(/C)c2ccc3c(c2)N(CC)c2ccccc2O3)cc1. The number of para-hydroxylation sites is 2. The van der Waals surface area contributed by atoms with Crippen LogP contribution in [0.3, 0.4) is 0 Å². The molecule has 6 nitrogen and oxygen atoms in total. The van der Waals surface area contributed by atoms with Gasteiger partial charge in [0, 0.05) is 6.54 Å². The van der Waals surface area contributed by atoms with E-state index in [0.717, 1.165) is 40.6 Å². The van der Waals surface area contributed by atoms with Gasteiger partial charge in [0.2, 0.25) is 0 Å². The van der Waals surface area contributed by atoms with Gasteiger partial charge in [-0.05, 0) is 100 Å². The quantitative estimate of drug-likeness (QED) is 0.299. The third-order valence-corrected chi connectivity index (χ3v) is 6.00. The van der Waals surface area contributed by atoms with Gasteiger partial charge in [0.15, 0.2) is 17.1 Å². The number of hydrogen-bond acceptors (Lipinski definition) is 6. The van der Waals surface area contributed by atoms with Crippen LogP contribution in [0.2, 0.25) is 0 Å². The average Bonchev–Trinajstić information content (AvgIpc) is 2.87. The molecule has 0 aromatic heterocycles. The molecule has 6 heteroatoms. The first-order valence-corrected chi connectivity index (χ1v) is 12.3. The fraction of sp³-hybridized carbons (Fsp3) is 0.300.